The Morgan fingerprint density at radius 3 is 2.59 bits per heavy atom. The van der Waals surface area contributed by atoms with Crippen LogP contribution in [-0.4, -0.2) is 25.3 Å². The molecule has 1 amide bonds. The second-order valence-electron chi connectivity index (χ2n) is 7.44. The fourth-order valence-corrected chi connectivity index (χ4v) is 4.82. The number of fused-ring (bicyclic) bond motifs is 1. The van der Waals surface area contributed by atoms with E-state index in [4.69, 9.17) is 14.2 Å². The highest BCUT2D eigenvalue weighted by molar-refractivity contribution is 7.17. The van der Waals surface area contributed by atoms with E-state index in [1.165, 1.54) is 12.1 Å². The maximum Gasteiger partial charge on any atom is 0.417 e. The number of carbonyl (C=O) groups is 2. The van der Waals surface area contributed by atoms with E-state index in [-0.39, 0.29) is 24.0 Å². The molecule has 1 aromatic heterocycles. The van der Waals surface area contributed by atoms with Crippen LogP contribution in [0.15, 0.2) is 42.5 Å². The number of thiophene rings is 1. The molecule has 1 aliphatic rings. The lowest BCUT2D eigenvalue weighted by atomic mass is 10.0. The van der Waals surface area contributed by atoms with Gasteiger partial charge in [0.1, 0.15) is 5.00 Å². The maximum atomic E-state index is 13.4. The molecule has 178 valence electrons. The van der Waals surface area contributed by atoms with Crippen LogP contribution in [0.2, 0.25) is 0 Å². The maximum absolute atomic E-state index is 13.4. The number of hydrogen-bond donors (Lipinski definition) is 1. The van der Waals surface area contributed by atoms with Gasteiger partial charge in [-0.05, 0) is 49.2 Å². The van der Waals surface area contributed by atoms with Crippen LogP contribution < -0.4 is 14.8 Å². The summed E-state index contributed by atoms with van der Waals surface area (Å²) in [6.07, 6.45) is -4.29. The van der Waals surface area contributed by atoms with Gasteiger partial charge >= 0.3 is 12.1 Å². The van der Waals surface area contributed by atoms with Crippen molar-refractivity contribution in [1.29, 1.82) is 0 Å². The fourth-order valence-electron chi connectivity index (χ4n) is 3.60. The average Bonchev–Trinajstić information content (AvgIpc) is 3.37. The second-order valence-corrected chi connectivity index (χ2v) is 8.54. The first-order valence-electron chi connectivity index (χ1n) is 10.3. The molecule has 0 bridgehead atoms. The number of esters is 1. The van der Waals surface area contributed by atoms with E-state index in [1.54, 1.807) is 19.9 Å². The Hall–Kier alpha value is -3.53. The summed E-state index contributed by atoms with van der Waals surface area (Å²) in [6, 6.07) is 9.95. The lowest BCUT2D eigenvalue weighted by molar-refractivity contribution is -0.137. The summed E-state index contributed by atoms with van der Waals surface area (Å²) in [5.41, 5.74) is -0.00233. The first-order valence-corrected chi connectivity index (χ1v) is 11.2. The Balaban J connectivity index is 1.68. The first kappa shape index (κ1) is 23.6. The van der Waals surface area contributed by atoms with E-state index >= 15 is 0 Å². The van der Waals surface area contributed by atoms with Gasteiger partial charge in [-0.3, -0.25) is 4.79 Å². The quantitative estimate of drug-likeness (QED) is 0.440. The summed E-state index contributed by atoms with van der Waals surface area (Å²) < 4.78 is 56.0. The number of alkyl halides is 3. The highest BCUT2D eigenvalue weighted by Gasteiger charge is 2.35. The van der Waals surface area contributed by atoms with Crippen molar-refractivity contribution in [3.05, 3.63) is 75.2 Å². The summed E-state index contributed by atoms with van der Waals surface area (Å²) >= 11 is 1.12. The molecule has 34 heavy (non-hydrogen) atoms. The number of carbonyl (C=O) groups excluding carboxylic acids is 2. The van der Waals surface area contributed by atoms with E-state index < -0.39 is 29.2 Å². The van der Waals surface area contributed by atoms with Crippen LogP contribution in [0.25, 0.3) is 0 Å². The highest BCUT2D eigenvalue weighted by atomic mass is 32.1. The van der Waals surface area contributed by atoms with Crippen LogP contribution in [0.1, 0.15) is 49.2 Å². The smallest absolute Gasteiger partial charge is 0.417 e. The Kier molecular flexibility index (Phi) is 6.52. The molecule has 0 atom stereocenters. The first-order chi connectivity index (χ1) is 16.2. The van der Waals surface area contributed by atoms with Crippen molar-refractivity contribution in [3.8, 4) is 11.5 Å². The fraction of sp³-hybridized carbons (Fsp3) is 0.250. The SMILES string of the molecule is CCOC(=O)c1c(NC(=O)c2ccccc2C(F)(F)F)sc(Cc2ccc3c(c2)OCO3)c1C. The molecule has 3 aromatic rings. The minimum absolute atomic E-state index is 0.107. The van der Waals surface area contributed by atoms with Gasteiger partial charge in [-0.2, -0.15) is 13.2 Å². The van der Waals surface area contributed by atoms with Crippen molar-refractivity contribution in [2.24, 2.45) is 0 Å². The molecule has 0 aliphatic carbocycles. The summed E-state index contributed by atoms with van der Waals surface area (Å²) in [7, 11) is 0. The molecule has 6 nitrogen and oxygen atoms in total. The summed E-state index contributed by atoms with van der Waals surface area (Å²) in [6.45, 7) is 3.60. The van der Waals surface area contributed by atoms with Crippen LogP contribution >= 0.6 is 11.3 Å². The Morgan fingerprint density at radius 2 is 1.85 bits per heavy atom. The zero-order chi connectivity index (χ0) is 24.5. The van der Waals surface area contributed by atoms with Crippen LogP contribution in [-0.2, 0) is 17.3 Å². The van der Waals surface area contributed by atoms with Gasteiger partial charge in [0.05, 0.1) is 23.3 Å². The van der Waals surface area contributed by atoms with Crippen LogP contribution in [0.4, 0.5) is 18.2 Å². The van der Waals surface area contributed by atoms with E-state index in [0.29, 0.717) is 23.5 Å². The van der Waals surface area contributed by atoms with Gasteiger partial charge in [0.2, 0.25) is 6.79 Å². The van der Waals surface area contributed by atoms with Crippen molar-refractivity contribution >= 4 is 28.2 Å². The predicted molar refractivity (Wildman–Crippen MR) is 120 cm³/mol. The summed E-state index contributed by atoms with van der Waals surface area (Å²) in [5.74, 6) is -0.383. The van der Waals surface area contributed by atoms with E-state index in [2.05, 4.69) is 5.32 Å². The van der Waals surface area contributed by atoms with Crippen molar-refractivity contribution in [2.75, 3.05) is 18.7 Å². The van der Waals surface area contributed by atoms with Crippen LogP contribution in [0.3, 0.4) is 0 Å². The Morgan fingerprint density at radius 1 is 1.12 bits per heavy atom. The van der Waals surface area contributed by atoms with E-state index in [1.807, 2.05) is 12.1 Å². The van der Waals surface area contributed by atoms with Gasteiger partial charge in [0, 0.05) is 11.3 Å². The van der Waals surface area contributed by atoms with Crippen molar-refractivity contribution in [3.63, 3.8) is 0 Å². The third-order valence-electron chi connectivity index (χ3n) is 5.23. The molecule has 4 rings (SSSR count). The molecule has 0 saturated heterocycles. The molecule has 0 fully saturated rings. The lowest BCUT2D eigenvalue weighted by Crippen LogP contribution is -2.19. The normalized spacial score (nSPS) is 12.5. The largest absolute Gasteiger partial charge is 0.462 e. The summed E-state index contributed by atoms with van der Waals surface area (Å²) in [5, 5.41) is 2.63. The minimum atomic E-state index is -4.70. The zero-order valence-corrected chi connectivity index (χ0v) is 19.1. The third kappa shape index (κ3) is 4.72. The number of nitrogens with one attached hydrogen (secondary N) is 1. The highest BCUT2D eigenvalue weighted by Crippen LogP contribution is 2.38. The van der Waals surface area contributed by atoms with Gasteiger partial charge in [-0.15, -0.1) is 11.3 Å². The van der Waals surface area contributed by atoms with Crippen LogP contribution in [0, 0.1) is 6.92 Å². The monoisotopic (exact) mass is 491 g/mol. The van der Waals surface area contributed by atoms with E-state index in [0.717, 1.165) is 33.9 Å². The van der Waals surface area contributed by atoms with Crippen molar-refractivity contribution in [1.82, 2.24) is 0 Å². The number of benzene rings is 2. The molecule has 1 N–H and O–H groups in total. The Bertz CT molecular complexity index is 1250. The standard InChI is InChI=1S/C24H20F3NO5S/c1-3-31-23(30)20-13(2)19(11-14-8-9-17-18(10-14)33-12-32-17)34-22(20)28-21(29)15-6-4-5-7-16(15)24(25,26)27/h4-10H,3,11-12H2,1-2H3,(H,28,29). The van der Waals surface area contributed by atoms with Gasteiger partial charge in [-0.25, -0.2) is 4.79 Å². The molecule has 0 spiro atoms. The predicted octanol–water partition coefficient (Wildman–Crippen LogP) is 5.82. The third-order valence-corrected chi connectivity index (χ3v) is 6.44. The zero-order valence-electron chi connectivity index (χ0n) is 18.2. The molecule has 0 saturated carbocycles. The van der Waals surface area contributed by atoms with Crippen molar-refractivity contribution in [2.45, 2.75) is 26.4 Å². The second kappa shape index (κ2) is 9.38. The number of halogens is 3. The van der Waals surface area contributed by atoms with Crippen LogP contribution in [0.5, 0.6) is 11.5 Å². The molecule has 0 unspecified atom stereocenters. The minimum Gasteiger partial charge on any atom is -0.462 e. The topological polar surface area (TPSA) is 73.9 Å². The molecule has 1 aliphatic heterocycles. The number of anilines is 1. The lowest BCUT2D eigenvalue weighted by Gasteiger charge is -2.12. The molecule has 2 heterocycles. The van der Waals surface area contributed by atoms with Gasteiger partial charge in [-0.1, -0.05) is 18.2 Å². The average molecular weight is 491 g/mol. The van der Waals surface area contributed by atoms with Gasteiger partial charge in [0.15, 0.2) is 11.5 Å². The number of hydrogen-bond acceptors (Lipinski definition) is 6. The molecule has 10 heteroatoms. The van der Waals surface area contributed by atoms with Gasteiger partial charge < -0.3 is 19.5 Å². The summed E-state index contributed by atoms with van der Waals surface area (Å²) in [4.78, 5) is 26.3. The number of rotatable bonds is 6. The molecular weight excluding hydrogens is 471 g/mol. The Labute approximate surface area is 197 Å². The van der Waals surface area contributed by atoms with E-state index in [9.17, 15) is 22.8 Å². The van der Waals surface area contributed by atoms with Gasteiger partial charge in [0.25, 0.3) is 5.91 Å². The van der Waals surface area contributed by atoms with Crippen molar-refractivity contribution < 1.29 is 37.0 Å². The number of amides is 1. The molecule has 0 radical (unpaired) electrons. The molecular formula is C24H20F3NO5S. The number of ether oxygens (including phenoxy) is 3. The molecule has 2 aromatic carbocycles.